The van der Waals surface area contributed by atoms with E-state index < -0.39 is 0 Å². The lowest BCUT2D eigenvalue weighted by molar-refractivity contribution is -0.126. The smallest absolute Gasteiger partial charge is 0.222 e. The summed E-state index contributed by atoms with van der Waals surface area (Å²) in [4.78, 5) is 13.9. The zero-order chi connectivity index (χ0) is 12.1. The number of rotatable bonds is 3. The number of nitrogens with zero attached hydrogens (tertiary/aromatic N) is 1. The molecule has 5 heteroatoms. The molecule has 0 spiro atoms. The maximum atomic E-state index is 11.5. The van der Waals surface area contributed by atoms with Crippen molar-refractivity contribution in [3.8, 4) is 0 Å². The first-order valence-corrected chi connectivity index (χ1v) is 6.56. The highest BCUT2D eigenvalue weighted by atomic mass is 16.5. The van der Waals surface area contributed by atoms with Crippen LogP contribution in [0.2, 0.25) is 0 Å². The van der Waals surface area contributed by atoms with Gasteiger partial charge in [-0.2, -0.15) is 0 Å². The summed E-state index contributed by atoms with van der Waals surface area (Å²) in [5.41, 5.74) is 0. The van der Waals surface area contributed by atoms with Crippen molar-refractivity contribution in [2.75, 3.05) is 46.4 Å². The molecule has 2 rings (SSSR count). The Morgan fingerprint density at radius 2 is 2.24 bits per heavy atom. The van der Waals surface area contributed by atoms with Gasteiger partial charge in [-0.15, -0.1) is 0 Å². The Morgan fingerprint density at radius 1 is 1.47 bits per heavy atom. The average Bonchev–Trinajstić information content (AvgIpc) is 2.40. The molecule has 5 nitrogen and oxygen atoms in total. The number of likely N-dealkylation sites (tertiary alicyclic amines) is 1. The number of ether oxygens (including phenoxy) is 1. The van der Waals surface area contributed by atoms with E-state index in [0.29, 0.717) is 6.10 Å². The van der Waals surface area contributed by atoms with Crippen molar-refractivity contribution in [3.05, 3.63) is 0 Å². The molecule has 17 heavy (non-hydrogen) atoms. The van der Waals surface area contributed by atoms with Crippen LogP contribution in [0.25, 0.3) is 0 Å². The van der Waals surface area contributed by atoms with Gasteiger partial charge in [-0.05, 0) is 25.9 Å². The Hall–Kier alpha value is -0.650. The average molecular weight is 241 g/mol. The molecule has 0 aromatic carbocycles. The van der Waals surface area contributed by atoms with E-state index >= 15 is 0 Å². The van der Waals surface area contributed by atoms with Crippen LogP contribution in [0.5, 0.6) is 0 Å². The van der Waals surface area contributed by atoms with Crippen molar-refractivity contribution in [2.45, 2.75) is 18.9 Å². The fourth-order valence-corrected chi connectivity index (χ4v) is 2.61. The summed E-state index contributed by atoms with van der Waals surface area (Å²) in [6, 6.07) is 0. The second-order valence-electron chi connectivity index (χ2n) is 4.89. The number of hydrogen-bond donors (Lipinski definition) is 2. The number of carbonyl (C=O) groups is 1. The number of nitrogens with one attached hydrogen (secondary N) is 2. The van der Waals surface area contributed by atoms with Crippen LogP contribution in [0.15, 0.2) is 0 Å². The Kier molecular flexibility index (Phi) is 4.76. The molecular formula is C12H23N3O2. The molecule has 0 saturated carbocycles. The molecule has 1 atom stereocenters. The summed E-state index contributed by atoms with van der Waals surface area (Å²) in [6.45, 7) is 5.76. The maximum Gasteiger partial charge on any atom is 0.222 e. The second-order valence-corrected chi connectivity index (χ2v) is 4.89. The van der Waals surface area contributed by atoms with Crippen LogP contribution >= 0.6 is 0 Å². The molecule has 98 valence electrons. The molecule has 0 aromatic heterocycles. The highest BCUT2D eigenvalue weighted by molar-refractivity contribution is 5.78. The summed E-state index contributed by atoms with van der Waals surface area (Å²) in [7, 11) is 1.72. The summed E-state index contributed by atoms with van der Waals surface area (Å²) >= 11 is 0. The van der Waals surface area contributed by atoms with Gasteiger partial charge in [0.05, 0.1) is 12.7 Å². The standard InChI is InChI=1S/C12H23N3O2/c1-13-12(16)10-2-5-15(6-3-10)9-11-8-14-4-7-17-11/h10-11,14H,2-9H2,1H3,(H,13,16). The van der Waals surface area contributed by atoms with Crippen LogP contribution < -0.4 is 10.6 Å². The number of amides is 1. The molecule has 2 heterocycles. The molecule has 0 bridgehead atoms. The predicted molar refractivity (Wildman–Crippen MR) is 65.8 cm³/mol. The Balaban J connectivity index is 1.69. The zero-order valence-electron chi connectivity index (χ0n) is 10.6. The first-order valence-electron chi connectivity index (χ1n) is 6.56. The highest BCUT2D eigenvalue weighted by Gasteiger charge is 2.26. The minimum absolute atomic E-state index is 0.195. The van der Waals surface area contributed by atoms with Crippen LogP contribution in [-0.4, -0.2) is 63.3 Å². The first-order chi connectivity index (χ1) is 8.29. The van der Waals surface area contributed by atoms with Crippen molar-refractivity contribution in [2.24, 2.45) is 5.92 Å². The molecule has 0 aromatic rings. The van der Waals surface area contributed by atoms with Crippen molar-refractivity contribution >= 4 is 5.91 Å². The fourth-order valence-electron chi connectivity index (χ4n) is 2.61. The normalized spacial score (nSPS) is 27.9. The monoisotopic (exact) mass is 241 g/mol. The topological polar surface area (TPSA) is 53.6 Å². The van der Waals surface area contributed by atoms with Crippen LogP contribution in [0.3, 0.4) is 0 Å². The molecule has 1 amide bonds. The van der Waals surface area contributed by atoms with Gasteiger partial charge in [-0.25, -0.2) is 0 Å². The fraction of sp³-hybridized carbons (Fsp3) is 0.917. The van der Waals surface area contributed by atoms with Gasteiger partial charge in [0.25, 0.3) is 0 Å². The molecule has 2 aliphatic heterocycles. The summed E-state index contributed by atoms with van der Waals surface area (Å²) in [5.74, 6) is 0.405. The van der Waals surface area contributed by atoms with Gasteiger partial charge >= 0.3 is 0 Å². The largest absolute Gasteiger partial charge is 0.374 e. The van der Waals surface area contributed by atoms with Crippen molar-refractivity contribution in [3.63, 3.8) is 0 Å². The Bertz CT molecular complexity index is 246. The summed E-state index contributed by atoms with van der Waals surface area (Å²) in [5, 5.41) is 6.08. The molecule has 2 fully saturated rings. The van der Waals surface area contributed by atoms with Crippen LogP contribution in [0, 0.1) is 5.92 Å². The van der Waals surface area contributed by atoms with Crippen LogP contribution in [0.1, 0.15) is 12.8 Å². The summed E-state index contributed by atoms with van der Waals surface area (Å²) < 4.78 is 5.69. The third-order valence-corrected chi connectivity index (χ3v) is 3.67. The van der Waals surface area contributed by atoms with E-state index in [1.807, 2.05) is 0 Å². The van der Waals surface area contributed by atoms with Crippen LogP contribution in [-0.2, 0) is 9.53 Å². The number of morpholine rings is 1. The lowest BCUT2D eigenvalue weighted by Crippen LogP contribution is -2.48. The predicted octanol–water partition coefficient (Wildman–Crippen LogP) is -0.567. The van der Waals surface area contributed by atoms with Gasteiger partial charge < -0.3 is 20.3 Å². The first kappa shape index (κ1) is 12.8. The van der Waals surface area contributed by atoms with Crippen molar-refractivity contribution in [1.82, 2.24) is 15.5 Å². The molecular weight excluding hydrogens is 218 g/mol. The lowest BCUT2D eigenvalue weighted by Gasteiger charge is -2.34. The van der Waals surface area contributed by atoms with E-state index in [1.165, 1.54) is 0 Å². The second kappa shape index (κ2) is 6.33. The molecule has 1 unspecified atom stereocenters. The SMILES string of the molecule is CNC(=O)C1CCN(CC2CNCCO2)CC1. The van der Waals surface area contributed by atoms with E-state index in [2.05, 4.69) is 15.5 Å². The number of piperidine rings is 1. The van der Waals surface area contributed by atoms with E-state index in [1.54, 1.807) is 7.05 Å². The minimum Gasteiger partial charge on any atom is -0.374 e. The zero-order valence-corrected chi connectivity index (χ0v) is 10.6. The van der Waals surface area contributed by atoms with Gasteiger partial charge in [0.2, 0.25) is 5.91 Å². The minimum atomic E-state index is 0.195. The van der Waals surface area contributed by atoms with Crippen molar-refractivity contribution in [1.29, 1.82) is 0 Å². The lowest BCUT2D eigenvalue weighted by atomic mass is 9.96. The quantitative estimate of drug-likeness (QED) is 0.695. The van der Waals surface area contributed by atoms with E-state index in [4.69, 9.17) is 4.74 Å². The Labute approximate surface area is 103 Å². The third-order valence-electron chi connectivity index (χ3n) is 3.67. The molecule has 2 aliphatic rings. The van der Waals surface area contributed by atoms with Crippen molar-refractivity contribution < 1.29 is 9.53 Å². The number of carbonyl (C=O) groups excluding carboxylic acids is 1. The third kappa shape index (κ3) is 3.66. The van der Waals surface area contributed by atoms with Gasteiger partial charge in [-0.3, -0.25) is 4.79 Å². The van der Waals surface area contributed by atoms with Gasteiger partial charge in [0, 0.05) is 32.6 Å². The Morgan fingerprint density at radius 3 is 2.82 bits per heavy atom. The summed E-state index contributed by atoms with van der Waals surface area (Å²) in [6.07, 6.45) is 2.26. The molecule has 2 N–H and O–H groups in total. The maximum absolute atomic E-state index is 11.5. The van der Waals surface area contributed by atoms with Gasteiger partial charge in [-0.1, -0.05) is 0 Å². The highest BCUT2D eigenvalue weighted by Crippen LogP contribution is 2.17. The molecule has 0 radical (unpaired) electrons. The van der Waals surface area contributed by atoms with Gasteiger partial charge in [0.1, 0.15) is 0 Å². The van der Waals surface area contributed by atoms with E-state index in [-0.39, 0.29) is 11.8 Å². The molecule has 2 saturated heterocycles. The number of hydrogen-bond acceptors (Lipinski definition) is 4. The molecule has 0 aliphatic carbocycles. The van der Waals surface area contributed by atoms with Gasteiger partial charge in [0.15, 0.2) is 0 Å². The van der Waals surface area contributed by atoms with Crippen LogP contribution in [0.4, 0.5) is 0 Å². The van der Waals surface area contributed by atoms with E-state index in [9.17, 15) is 4.79 Å². The van der Waals surface area contributed by atoms with E-state index in [0.717, 1.165) is 52.2 Å².